The summed E-state index contributed by atoms with van der Waals surface area (Å²) in [6, 6.07) is 16.0. The lowest BCUT2D eigenvalue weighted by molar-refractivity contribution is 0.515. The zero-order chi connectivity index (χ0) is 14.7. The van der Waals surface area contributed by atoms with Crippen molar-refractivity contribution in [1.29, 1.82) is 0 Å². The first-order valence-corrected chi connectivity index (χ1v) is 7.39. The highest BCUT2D eigenvalue weighted by molar-refractivity contribution is 9.10. The first-order valence-electron chi connectivity index (χ1n) is 6.59. The van der Waals surface area contributed by atoms with Crippen LogP contribution >= 0.6 is 15.9 Å². The minimum atomic E-state index is 0.500. The van der Waals surface area contributed by atoms with E-state index in [9.17, 15) is 0 Å². The summed E-state index contributed by atoms with van der Waals surface area (Å²) in [5.74, 6) is 1.11. The van der Waals surface area contributed by atoms with Gasteiger partial charge in [-0.3, -0.25) is 0 Å². The van der Waals surface area contributed by atoms with Gasteiger partial charge in [0.15, 0.2) is 0 Å². The highest BCUT2D eigenvalue weighted by Gasteiger charge is 2.08. The molecule has 0 aliphatic rings. The summed E-state index contributed by atoms with van der Waals surface area (Å²) in [6.45, 7) is 2.55. The molecule has 0 spiro atoms. The summed E-state index contributed by atoms with van der Waals surface area (Å²) in [5, 5.41) is 11.4. The van der Waals surface area contributed by atoms with Gasteiger partial charge < -0.3 is 9.73 Å². The Balaban J connectivity index is 1.67. The van der Waals surface area contributed by atoms with Crippen molar-refractivity contribution < 1.29 is 4.42 Å². The summed E-state index contributed by atoms with van der Waals surface area (Å²) in [5.41, 5.74) is 3.15. The predicted octanol–water partition coefficient (Wildman–Crippen LogP) is 4.42. The lowest BCUT2D eigenvalue weighted by atomic mass is 10.1. The normalized spacial score (nSPS) is 10.6. The second kappa shape index (κ2) is 6.10. The van der Waals surface area contributed by atoms with Crippen LogP contribution in [0.5, 0.6) is 0 Å². The highest BCUT2D eigenvalue weighted by Crippen LogP contribution is 2.19. The molecular weight excluding hydrogens is 330 g/mol. The summed E-state index contributed by atoms with van der Waals surface area (Å²) in [6.07, 6.45) is 0. The number of nitrogens with one attached hydrogen (secondary N) is 1. The number of aryl methyl sites for hydroxylation is 1. The molecule has 0 atom stereocenters. The summed E-state index contributed by atoms with van der Waals surface area (Å²) in [7, 11) is 0. The van der Waals surface area contributed by atoms with Crippen LogP contribution < -0.4 is 5.32 Å². The molecule has 0 bridgehead atoms. The highest BCUT2D eigenvalue weighted by atomic mass is 79.9. The molecule has 0 fully saturated rings. The van der Waals surface area contributed by atoms with E-state index < -0.39 is 0 Å². The van der Waals surface area contributed by atoms with Gasteiger partial charge in [-0.05, 0) is 43.3 Å². The van der Waals surface area contributed by atoms with Crippen LogP contribution in [0.4, 0.5) is 5.69 Å². The molecule has 0 amide bonds. The molecule has 0 saturated heterocycles. The van der Waals surface area contributed by atoms with E-state index in [4.69, 9.17) is 4.42 Å². The van der Waals surface area contributed by atoms with E-state index in [1.165, 1.54) is 5.56 Å². The number of hydrogen-bond acceptors (Lipinski definition) is 4. The van der Waals surface area contributed by atoms with Crippen LogP contribution in [0.25, 0.3) is 11.5 Å². The van der Waals surface area contributed by atoms with Gasteiger partial charge >= 0.3 is 0 Å². The van der Waals surface area contributed by atoms with Crippen molar-refractivity contribution in [3.05, 3.63) is 64.5 Å². The van der Waals surface area contributed by atoms with Crippen molar-refractivity contribution in [2.75, 3.05) is 5.32 Å². The van der Waals surface area contributed by atoms with Crippen molar-refractivity contribution in [3.63, 3.8) is 0 Å². The second-order valence-electron chi connectivity index (χ2n) is 4.73. The van der Waals surface area contributed by atoms with Gasteiger partial charge in [0.25, 0.3) is 0 Å². The Labute approximate surface area is 131 Å². The fourth-order valence-corrected chi connectivity index (χ4v) is 2.15. The molecule has 5 heteroatoms. The number of anilines is 1. The molecule has 0 aliphatic carbocycles. The first-order chi connectivity index (χ1) is 10.2. The van der Waals surface area contributed by atoms with Crippen LogP contribution in [-0.4, -0.2) is 10.2 Å². The molecule has 0 aliphatic heterocycles. The maximum Gasteiger partial charge on any atom is 0.247 e. The minimum Gasteiger partial charge on any atom is -0.419 e. The van der Waals surface area contributed by atoms with Crippen LogP contribution in [-0.2, 0) is 6.54 Å². The number of hydrogen-bond donors (Lipinski definition) is 1. The van der Waals surface area contributed by atoms with Gasteiger partial charge in [-0.15, -0.1) is 10.2 Å². The van der Waals surface area contributed by atoms with Crippen molar-refractivity contribution in [1.82, 2.24) is 10.2 Å². The van der Waals surface area contributed by atoms with Gasteiger partial charge in [0, 0.05) is 15.7 Å². The third kappa shape index (κ3) is 3.49. The predicted molar refractivity (Wildman–Crippen MR) is 85.9 cm³/mol. The third-order valence-electron chi connectivity index (χ3n) is 3.05. The summed E-state index contributed by atoms with van der Waals surface area (Å²) >= 11 is 3.41. The van der Waals surface area contributed by atoms with Crippen LogP contribution in [0.3, 0.4) is 0 Å². The number of rotatable bonds is 4. The number of benzene rings is 2. The van der Waals surface area contributed by atoms with Crippen molar-refractivity contribution >= 4 is 21.6 Å². The maximum atomic E-state index is 5.66. The average Bonchev–Trinajstić information content (AvgIpc) is 2.96. The largest absolute Gasteiger partial charge is 0.419 e. The third-order valence-corrected chi connectivity index (χ3v) is 3.58. The van der Waals surface area contributed by atoms with Gasteiger partial charge in [-0.25, -0.2) is 0 Å². The van der Waals surface area contributed by atoms with Crippen molar-refractivity contribution in [2.45, 2.75) is 13.5 Å². The molecule has 3 aromatic rings. The van der Waals surface area contributed by atoms with Crippen LogP contribution in [0.2, 0.25) is 0 Å². The Kier molecular flexibility index (Phi) is 4.01. The molecule has 1 aromatic heterocycles. The van der Waals surface area contributed by atoms with E-state index in [-0.39, 0.29) is 0 Å². The van der Waals surface area contributed by atoms with E-state index in [0.29, 0.717) is 18.3 Å². The minimum absolute atomic E-state index is 0.500. The summed E-state index contributed by atoms with van der Waals surface area (Å²) < 4.78 is 6.71. The molecule has 0 saturated carbocycles. The molecule has 0 unspecified atom stereocenters. The number of aromatic nitrogens is 2. The maximum absolute atomic E-state index is 5.66. The van der Waals surface area contributed by atoms with Crippen LogP contribution in [0, 0.1) is 6.92 Å². The van der Waals surface area contributed by atoms with E-state index >= 15 is 0 Å². The zero-order valence-corrected chi connectivity index (χ0v) is 13.1. The average molecular weight is 344 g/mol. The monoisotopic (exact) mass is 343 g/mol. The zero-order valence-electron chi connectivity index (χ0n) is 11.5. The standard InChI is InChI=1S/C16H14BrN3O/c1-11-2-4-12(5-3-11)16-20-19-15(21-16)10-18-14-8-6-13(17)7-9-14/h2-9,18H,10H2,1H3. The molecule has 2 aromatic carbocycles. The fraction of sp³-hybridized carbons (Fsp3) is 0.125. The molecular formula is C16H14BrN3O. The Morgan fingerprint density at radius 1 is 1.00 bits per heavy atom. The number of halogens is 1. The molecule has 3 rings (SSSR count). The van der Waals surface area contributed by atoms with Gasteiger partial charge in [0.1, 0.15) is 0 Å². The topological polar surface area (TPSA) is 51.0 Å². The molecule has 21 heavy (non-hydrogen) atoms. The van der Waals surface area contributed by atoms with E-state index in [2.05, 4.69) is 31.4 Å². The Morgan fingerprint density at radius 3 is 2.43 bits per heavy atom. The summed E-state index contributed by atoms with van der Waals surface area (Å²) in [4.78, 5) is 0. The number of nitrogens with zero attached hydrogens (tertiary/aromatic N) is 2. The van der Waals surface area contributed by atoms with Gasteiger partial charge in [-0.1, -0.05) is 33.6 Å². The lowest BCUT2D eigenvalue weighted by Crippen LogP contribution is -1.99. The van der Waals surface area contributed by atoms with Gasteiger partial charge in [-0.2, -0.15) is 0 Å². The molecule has 4 nitrogen and oxygen atoms in total. The van der Waals surface area contributed by atoms with E-state index in [1.807, 2.05) is 55.5 Å². The SMILES string of the molecule is Cc1ccc(-c2nnc(CNc3ccc(Br)cc3)o2)cc1. The Hall–Kier alpha value is -2.14. The van der Waals surface area contributed by atoms with Crippen molar-refractivity contribution in [3.8, 4) is 11.5 Å². The molecule has 1 N–H and O–H groups in total. The van der Waals surface area contributed by atoms with E-state index in [1.54, 1.807) is 0 Å². The molecule has 0 radical (unpaired) electrons. The first kappa shape index (κ1) is 13.8. The van der Waals surface area contributed by atoms with Gasteiger partial charge in [0.2, 0.25) is 11.8 Å². The van der Waals surface area contributed by atoms with Gasteiger partial charge in [0.05, 0.1) is 6.54 Å². The Morgan fingerprint density at radius 2 is 1.71 bits per heavy atom. The lowest BCUT2D eigenvalue weighted by Gasteiger charge is -2.02. The van der Waals surface area contributed by atoms with E-state index in [0.717, 1.165) is 15.7 Å². The second-order valence-corrected chi connectivity index (χ2v) is 5.64. The Bertz CT molecular complexity index is 720. The molecule has 1 heterocycles. The van der Waals surface area contributed by atoms with Crippen LogP contribution in [0.1, 0.15) is 11.5 Å². The molecule has 106 valence electrons. The smallest absolute Gasteiger partial charge is 0.247 e. The van der Waals surface area contributed by atoms with Crippen molar-refractivity contribution in [2.24, 2.45) is 0 Å². The quantitative estimate of drug-likeness (QED) is 0.761. The fourth-order valence-electron chi connectivity index (χ4n) is 1.88. The van der Waals surface area contributed by atoms with Crippen LogP contribution in [0.15, 0.2) is 57.4 Å².